The van der Waals surface area contributed by atoms with Gasteiger partial charge in [0.15, 0.2) is 0 Å². The number of rotatable bonds is 4. The van der Waals surface area contributed by atoms with Crippen LogP contribution in [0.15, 0.2) is 18.2 Å². The third-order valence-corrected chi connectivity index (χ3v) is 4.79. The van der Waals surface area contributed by atoms with Gasteiger partial charge in [0.1, 0.15) is 10.1 Å². The second-order valence-electron chi connectivity index (χ2n) is 4.46. The van der Waals surface area contributed by atoms with Crippen LogP contribution in [0.1, 0.15) is 18.1 Å². The van der Waals surface area contributed by atoms with Crippen LogP contribution in [0.2, 0.25) is 0 Å². The fourth-order valence-corrected chi connectivity index (χ4v) is 3.86. The van der Waals surface area contributed by atoms with Crippen molar-refractivity contribution in [1.82, 2.24) is 4.90 Å². The van der Waals surface area contributed by atoms with E-state index in [0.29, 0.717) is 17.3 Å². The molecule has 1 fully saturated rings. The summed E-state index contributed by atoms with van der Waals surface area (Å²) in [7, 11) is 1.66. The Balaban J connectivity index is 2.12. The minimum atomic E-state index is -0.0831. The number of thioether (sulfide) groups is 1. The van der Waals surface area contributed by atoms with Crippen LogP contribution in [0.3, 0.4) is 0 Å². The van der Waals surface area contributed by atoms with Gasteiger partial charge in [-0.1, -0.05) is 36.1 Å². The van der Waals surface area contributed by atoms with Crippen molar-refractivity contribution in [2.24, 2.45) is 0 Å². The summed E-state index contributed by atoms with van der Waals surface area (Å²) < 4.78 is 5.94. The predicted octanol–water partition coefficient (Wildman–Crippen LogP) is 2.79. The molecule has 1 amide bonds. The molecule has 1 aromatic carbocycles. The Morgan fingerprint density at radius 3 is 2.74 bits per heavy atom. The molecule has 1 atom stereocenters. The lowest BCUT2D eigenvalue weighted by Crippen LogP contribution is -2.31. The van der Waals surface area contributed by atoms with Crippen molar-refractivity contribution < 1.29 is 9.53 Å². The number of hydrogen-bond acceptors (Lipinski definition) is 4. The first kappa shape index (κ1) is 14.3. The largest absolute Gasteiger partial charge is 0.496 e. The van der Waals surface area contributed by atoms with Gasteiger partial charge in [-0.15, -0.1) is 0 Å². The highest BCUT2D eigenvalue weighted by Crippen LogP contribution is 2.30. The van der Waals surface area contributed by atoms with E-state index in [1.807, 2.05) is 26.0 Å². The molecule has 1 aliphatic rings. The monoisotopic (exact) mass is 295 g/mol. The lowest BCUT2D eigenvalue weighted by atomic mass is 10.1. The maximum Gasteiger partial charge on any atom is 0.241 e. The van der Waals surface area contributed by atoms with E-state index >= 15 is 0 Å². The van der Waals surface area contributed by atoms with Crippen LogP contribution in [0, 0.1) is 6.92 Å². The zero-order valence-corrected chi connectivity index (χ0v) is 12.9. The molecule has 0 radical (unpaired) electrons. The van der Waals surface area contributed by atoms with E-state index in [4.69, 9.17) is 17.0 Å². The minimum Gasteiger partial charge on any atom is -0.496 e. The maximum atomic E-state index is 12.2. The van der Waals surface area contributed by atoms with Gasteiger partial charge in [0.05, 0.1) is 12.4 Å². The molecule has 19 heavy (non-hydrogen) atoms. The van der Waals surface area contributed by atoms with Crippen molar-refractivity contribution in [3.63, 3.8) is 0 Å². The Hall–Kier alpha value is -1.07. The number of carbonyl (C=O) groups excluding carboxylic acids is 1. The van der Waals surface area contributed by atoms with E-state index in [-0.39, 0.29) is 11.2 Å². The lowest BCUT2D eigenvalue weighted by Gasteiger charge is -2.12. The first-order valence-electron chi connectivity index (χ1n) is 6.22. The smallest absolute Gasteiger partial charge is 0.241 e. The van der Waals surface area contributed by atoms with Crippen molar-refractivity contribution in [2.75, 3.05) is 13.7 Å². The molecule has 102 valence electrons. The van der Waals surface area contributed by atoms with E-state index in [1.54, 1.807) is 12.0 Å². The molecule has 5 heteroatoms. The molecule has 0 N–H and O–H groups in total. The first-order chi connectivity index (χ1) is 9.06. The maximum absolute atomic E-state index is 12.2. The lowest BCUT2D eigenvalue weighted by molar-refractivity contribution is -0.125. The van der Waals surface area contributed by atoms with Crippen LogP contribution >= 0.6 is 24.0 Å². The van der Waals surface area contributed by atoms with Crippen LogP contribution < -0.4 is 4.74 Å². The molecule has 0 saturated carbocycles. The average molecular weight is 295 g/mol. The summed E-state index contributed by atoms with van der Waals surface area (Å²) in [6.07, 6.45) is 0.713. The molecule has 1 saturated heterocycles. The van der Waals surface area contributed by atoms with Gasteiger partial charge in [-0.05, 0) is 37.5 Å². The Bertz CT molecular complexity index is 516. The third-order valence-electron chi connectivity index (χ3n) is 3.20. The number of ether oxygens (including phenoxy) is 1. The van der Waals surface area contributed by atoms with E-state index in [2.05, 4.69) is 6.07 Å². The first-order valence-corrected chi connectivity index (χ1v) is 7.51. The molecular weight excluding hydrogens is 278 g/mol. The zero-order chi connectivity index (χ0) is 14.0. The van der Waals surface area contributed by atoms with Gasteiger partial charge < -0.3 is 4.74 Å². The summed E-state index contributed by atoms with van der Waals surface area (Å²) in [6, 6.07) is 6.03. The summed E-state index contributed by atoms with van der Waals surface area (Å²) in [5, 5.41) is -0.0831. The molecule has 0 unspecified atom stereocenters. The molecule has 0 bridgehead atoms. The highest BCUT2D eigenvalue weighted by Gasteiger charge is 2.35. The van der Waals surface area contributed by atoms with Gasteiger partial charge >= 0.3 is 0 Å². The molecule has 0 spiro atoms. The van der Waals surface area contributed by atoms with E-state index in [1.165, 1.54) is 11.8 Å². The minimum absolute atomic E-state index is 0.0831. The van der Waals surface area contributed by atoms with Gasteiger partial charge in [-0.2, -0.15) is 0 Å². The standard InChI is InChI=1S/C14H17NO2S2/c1-4-15-13(16)12(19-14(15)18)8-10-5-6-11(17-3)9(2)7-10/h5-7,12H,4,8H2,1-3H3/t12-/m0/s1. The van der Waals surface area contributed by atoms with Gasteiger partial charge in [-0.25, -0.2) is 0 Å². The second kappa shape index (κ2) is 5.92. The molecular formula is C14H17NO2S2. The van der Waals surface area contributed by atoms with Crippen LogP contribution in [-0.4, -0.2) is 34.0 Å². The van der Waals surface area contributed by atoms with Crippen molar-refractivity contribution in [3.05, 3.63) is 29.3 Å². The number of methoxy groups -OCH3 is 1. The molecule has 1 aromatic rings. The fourth-order valence-electron chi connectivity index (χ4n) is 2.20. The van der Waals surface area contributed by atoms with Crippen molar-refractivity contribution in [1.29, 1.82) is 0 Å². The van der Waals surface area contributed by atoms with Gasteiger partial charge in [0, 0.05) is 6.54 Å². The highest BCUT2D eigenvalue weighted by atomic mass is 32.2. The predicted molar refractivity (Wildman–Crippen MR) is 82.8 cm³/mol. The van der Waals surface area contributed by atoms with E-state index < -0.39 is 0 Å². The van der Waals surface area contributed by atoms with Crippen molar-refractivity contribution >= 4 is 34.2 Å². The number of hydrogen-bond donors (Lipinski definition) is 0. The van der Waals surface area contributed by atoms with Crippen LogP contribution in [0.4, 0.5) is 0 Å². The summed E-state index contributed by atoms with van der Waals surface area (Å²) in [6.45, 7) is 4.61. The quantitative estimate of drug-likeness (QED) is 0.799. The summed E-state index contributed by atoms with van der Waals surface area (Å²) in [5.74, 6) is 1.01. The fraction of sp³-hybridized carbons (Fsp3) is 0.429. The number of aryl methyl sites for hydroxylation is 1. The Morgan fingerprint density at radius 1 is 1.47 bits per heavy atom. The summed E-state index contributed by atoms with van der Waals surface area (Å²) >= 11 is 6.72. The van der Waals surface area contributed by atoms with Crippen LogP contribution in [-0.2, 0) is 11.2 Å². The second-order valence-corrected chi connectivity index (χ2v) is 6.30. The highest BCUT2D eigenvalue weighted by molar-refractivity contribution is 8.24. The zero-order valence-electron chi connectivity index (χ0n) is 11.3. The molecule has 0 aromatic heterocycles. The third kappa shape index (κ3) is 2.92. The summed E-state index contributed by atoms with van der Waals surface area (Å²) in [4.78, 5) is 13.8. The Morgan fingerprint density at radius 2 is 2.21 bits per heavy atom. The van der Waals surface area contributed by atoms with Crippen LogP contribution in [0.25, 0.3) is 0 Å². The Labute approximate surface area is 123 Å². The number of benzene rings is 1. The SMILES string of the molecule is CCN1C(=O)[C@H](Cc2ccc(OC)c(C)c2)SC1=S. The molecule has 1 heterocycles. The van der Waals surface area contributed by atoms with Crippen LogP contribution in [0.5, 0.6) is 5.75 Å². The van der Waals surface area contributed by atoms with Gasteiger partial charge in [-0.3, -0.25) is 9.69 Å². The number of amides is 1. The van der Waals surface area contributed by atoms with E-state index in [9.17, 15) is 4.79 Å². The average Bonchev–Trinajstić information content (AvgIpc) is 2.64. The number of nitrogens with zero attached hydrogens (tertiary/aromatic N) is 1. The topological polar surface area (TPSA) is 29.5 Å². The normalized spacial score (nSPS) is 19.1. The molecule has 1 aliphatic heterocycles. The Kier molecular flexibility index (Phi) is 4.47. The molecule has 2 rings (SSSR count). The van der Waals surface area contributed by atoms with Gasteiger partial charge in [0.2, 0.25) is 5.91 Å². The van der Waals surface area contributed by atoms with E-state index in [0.717, 1.165) is 16.9 Å². The van der Waals surface area contributed by atoms with Crippen molar-refractivity contribution in [3.8, 4) is 5.75 Å². The molecule has 3 nitrogen and oxygen atoms in total. The van der Waals surface area contributed by atoms with Crippen molar-refractivity contribution in [2.45, 2.75) is 25.5 Å². The number of carbonyl (C=O) groups is 1. The molecule has 0 aliphatic carbocycles. The van der Waals surface area contributed by atoms with Gasteiger partial charge in [0.25, 0.3) is 0 Å². The number of thiocarbonyl (C=S) groups is 1. The summed E-state index contributed by atoms with van der Waals surface area (Å²) in [5.41, 5.74) is 2.23.